The van der Waals surface area contributed by atoms with Gasteiger partial charge in [0.25, 0.3) is 0 Å². The van der Waals surface area contributed by atoms with Crippen LogP contribution < -0.4 is 0 Å². The van der Waals surface area contributed by atoms with Crippen LogP contribution in [0.2, 0.25) is 0 Å². The molecule has 2 aromatic rings. The molecule has 3 rings (SSSR count). The fourth-order valence-electron chi connectivity index (χ4n) is 2.71. The van der Waals surface area contributed by atoms with E-state index >= 15 is 0 Å². The molecule has 0 bridgehead atoms. The Morgan fingerprint density at radius 3 is 2.90 bits per heavy atom. The second-order valence-electron chi connectivity index (χ2n) is 5.62. The van der Waals surface area contributed by atoms with Gasteiger partial charge in [-0.25, -0.2) is 14.5 Å². The van der Waals surface area contributed by atoms with E-state index in [4.69, 9.17) is 0 Å². The van der Waals surface area contributed by atoms with Crippen LogP contribution in [-0.4, -0.2) is 25.8 Å². The van der Waals surface area contributed by atoms with Crippen LogP contribution in [-0.2, 0) is 6.42 Å². The third-order valence-corrected chi connectivity index (χ3v) is 4.05. The van der Waals surface area contributed by atoms with Crippen molar-refractivity contribution in [3.05, 3.63) is 23.5 Å². The highest BCUT2D eigenvalue weighted by atomic mass is 16.4. The van der Waals surface area contributed by atoms with Gasteiger partial charge in [0, 0.05) is 5.69 Å². The van der Waals surface area contributed by atoms with Crippen LogP contribution in [0.5, 0.6) is 0 Å². The fraction of sp³-hybridized carbons (Fsp3) is 0.533. The number of hydrogen-bond acceptors (Lipinski definition) is 3. The third-order valence-electron chi connectivity index (χ3n) is 4.05. The predicted molar refractivity (Wildman–Crippen MR) is 75.9 cm³/mol. The summed E-state index contributed by atoms with van der Waals surface area (Å²) in [6, 6.07) is 1.97. The lowest BCUT2D eigenvalue weighted by Crippen LogP contribution is -2.10. The largest absolute Gasteiger partial charge is 0.478 e. The van der Waals surface area contributed by atoms with Crippen molar-refractivity contribution < 1.29 is 9.90 Å². The zero-order valence-electron chi connectivity index (χ0n) is 11.8. The zero-order chi connectivity index (χ0) is 14.3. The van der Waals surface area contributed by atoms with Crippen molar-refractivity contribution in [2.45, 2.75) is 45.6 Å². The number of aromatic carboxylic acids is 1. The van der Waals surface area contributed by atoms with Crippen LogP contribution in [0.3, 0.4) is 0 Å². The minimum atomic E-state index is -0.909. The van der Waals surface area contributed by atoms with Gasteiger partial charge < -0.3 is 5.11 Å². The van der Waals surface area contributed by atoms with Crippen LogP contribution in [0.4, 0.5) is 0 Å². The van der Waals surface area contributed by atoms with Gasteiger partial charge in [-0.1, -0.05) is 13.3 Å². The summed E-state index contributed by atoms with van der Waals surface area (Å²) >= 11 is 0. The van der Waals surface area contributed by atoms with E-state index in [1.165, 1.54) is 12.8 Å². The van der Waals surface area contributed by atoms with E-state index < -0.39 is 5.97 Å². The monoisotopic (exact) mass is 273 g/mol. The minimum Gasteiger partial charge on any atom is -0.478 e. The van der Waals surface area contributed by atoms with Crippen molar-refractivity contribution in [3.8, 4) is 0 Å². The zero-order valence-corrected chi connectivity index (χ0v) is 11.8. The van der Waals surface area contributed by atoms with Gasteiger partial charge in [0.2, 0.25) is 0 Å². The van der Waals surface area contributed by atoms with Crippen molar-refractivity contribution in [1.82, 2.24) is 14.8 Å². The second kappa shape index (κ2) is 4.89. The highest BCUT2D eigenvalue weighted by Crippen LogP contribution is 2.40. The average Bonchev–Trinajstić information content (AvgIpc) is 3.18. The van der Waals surface area contributed by atoms with Crippen molar-refractivity contribution in [2.75, 3.05) is 0 Å². The molecule has 0 aromatic carbocycles. The molecule has 5 heteroatoms. The molecule has 0 saturated heterocycles. The molecule has 1 aliphatic carbocycles. The van der Waals surface area contributed by atoms with E-state index in [1.54, 1.807) is 12.3 Å². The molecular weight excluding hydrogens is 254 g/mol. The van der Waals surface area contributed by atoms with Gasteiger partial charge in [0.05, 0.1) is 23.2 Å². The van der Waals surface area contributed by atoms with Crippen molar-refractivity contribution in [1.29, 1.82) is 0 Å². The smallest absolute Gasteiger partial charge is 0.336 e. The standard InChI is InChI=1S/C15H19N3O2/c1-3-4-11-7-12(15(19)20)13-8-16-18(14(13)17-11)9(2)10-5-6-10/h7-10H,3-6H2,1-2H3,(H,19,20). The first-order valence-corrected chi connectivity index (χ1v) is 7.22. The predicted octanol–water partition coefficient (Wildman–Crippen LogP) is 3.05. The molecule has 5 nitrogen and oxygen atoms in total. The van der Waals surface area contributed by atoms with Gasteiger partial charge in [-0.05, 0) is 38.2 Å². The number of carboxylic acid groups (broad SMARTS) is 1. The summed E-state index contributed by atoms with van der Waals surface area (Å²) < 4.78 is 1.90. The number of aryl methyl sites for hydroxylation is 1. The molecule has 0 aliphatic heterocycles. The van der Waals surface area contributed by atoms with Gasteiger partial charge in [-0.15, -0.1) is 0 Å². The Morgan fingerprint density at radius 2 is 2.30 bits per heavy atom. The van der Waals surface area contributed by atoms with Crippen molar-refractivity contribution in [2.24, 2.45) is 5.92 Å². The normalized spacial score (nSPS) is 16.5. The average molecular weight is 273 g/mol. The maximum atomic E-state index is 11.4. The van der Waals surface area contributed by atoms with Gasteiger partial charge in [-0.3, -0.25) is 0 Å². The van der Waals surface area contributed by atoms with Crippen LogP contribution in [0, 0.1) is 5.92 Å². The maximum Gasteiger partial charge on any atom is 0.336 e. The topological polar surface area (TPSA) is 68.0 Å². The van der Waals surface area contributed by atoms with E-state index in [0.717, 1.165) is 18.5 Å². The fourth-order valence-corrected chi connectivity index (χ4v) is 2.71. The summed E-state index contributed by atoms with van der Waals surface area (Å²) in [5.74, 6) is -0.253. The van der Waals surface area contributed by atoms with Gasteiger partial charge in [0.1, 0.15) is 0 Å². The molecule has 1 aliphatic rings. The molecular formula is C15H19N3O2. The molecule has 20 heavy (non-hydrogen) atoms. The van der Waals surface area contributed by atoms with Crippen LogP contribution in [0.15, 0.2) is 12.3 Å². The number of hydrogen-bond donors (Lipinski definition) is 1. The first-order chi connectivity index (χ1) is 9.61. The molecule has 1 N–H and O–H groups in total. The number of rotatable bonds is 5. The van der Waals surface area contributed by atoms with Gasteiger partial charge >= 0.3 is 5.97 Å². The van der Waals surface area contributed by atoms with E-state index in [2.05, 4.69) is 23.9 Å². The molecule has 1 saturated carbocycles. The third kappa shape index (κ3) is 2.17. The minimum absolute atomic E-state index is 0.290. The summed E-state index contributed by atoms with van der Waals surface area (Å²) in [5, 5.41) is 14.4. The number of fused-ring (bicyclic) bond motifs is 1. The Labute approximate surface area is 117 Å². The lowest BCUT2D eigenvalue weighted by Gasteiger charge is -2.12. The van der Waals surface area contributed by atoms with Crippen LogP contribution >= 0.6 is 0 Å². The molecule has 0 spiro atoms. The molecule has 2 heterocycles. The lowest BCUT2D eigenvalue weighted by atomic mass is 10.1. The first-order valence-electron chi connectivity index (χ1n) is 7.22. The summed E-state index contributed by atoms with van der Waals surface area (Å²) in [7, 11) is 0. The Hall–Kier alpha value is -1.91. The van der Waals surface area contributed by atoms with Crippen LogP contribution in [0.1, 0.15) is 55.2 Å². The molecule has 2 aromatic heterocycles. The van der Waals surface area contributed by atoms with E-state index in [-0.39, 0.29) is 0 Å². The molecule has 106 valence electrons. The Balaban J connectivity index is 2.16. The van der Waals surface area contributed by atoms with E-state index in [0.29, 0.717) is 28.6 Å². The van der Waals surface area contributed by atoms with E-state index in [9.17, 15) is 9.90 Å². The highest BCUT2D eigenvalue weighted by Gasteiger charge is 2.31. The van der Waals surface area contributed by atoms with Gasteiger partial charge in [-0.2, -0.15) is 5.10 Å². The first kappa shape index (κ1) is 13.1. The molecule has 1 atom stereocenters. The summed E-state index contributed by atoms with van der Waals surface area (Å²) in [5.41, 5.74) is 1.86. The molecule has 1 fully saturated rings. The summed E-state index contributed by atoms with van der Waals surface area (Å²) in [4.78, 5) is 16.1. The van der Waals surface area contributed by atoms with Crippen LogP contribution in [0.25, 0.3) is 11.0 Å². The summed E-state index contributed by atoms with van der Waals surface area (Å²) in [6.07, 6.45) is 5.83. The van der Waals surface area contributed by atoms with Crippen molar-refractivity contribution in [3.63, 3.8) is 0 Å². The summed E-state index contributed by atoms with van der Waals surface area (Å²) in [6.45, 7) is 4.20. The van der Waals surface area contributed by atoms with Gasteiger partial charge in [0.15, 0.2) is 5.65 Å². The number of carboxylic acids is 1. The number of aromatic nitrogens is 3. The molecule has 0 amide bonds. The van der Waals surface area contributed by atoms with E-state index in [1.807, 2.05) is 4.68 Å². The number of pyridine rings is 1. The lowest BCUT2D eigenvalue weighted by molar-refractivity contribution is 0.0699. The quantitative estimate of drug-likeness (QED) is 0.909. The maximum absolute atomic E-state index is 11.4. The number of nitrogens with zero attached hydrogens (tertiary/aromatic N) is 3. The molecule has 0 radical (unpaired) electrons. The Kier molecular flexibility index (Phi) is 3.20. The molecule has 1 unspecified atom stereocenters. The second-order valence-corrected chi connectivity index (χ2v) is 5.62. The highest BCUT2D eigenvalue weighted by molar-refractivity contribution is 6.01. The SMILES string of the molecule is CCCc1cc(C(=O)O)c2cnn(C(C)C3CC3)c2n1. The van der Waals surface area contributed by atoms with Crippen molar-refractivity contribution >= 4 is 17.0 Å². The Morgan fingerprint density at radius 1 is 1.55 bits per heavy atom. The Bertz CT molecular complexity index is 658. The number of carbonyl (C=O) groups is 1.